The third-order valence-corrected chi connectivity index (χ3v) is 6.82. The molecule has 1 spiro atoms. The summed E-state index contributed by atoms with van der Waals surface area (Å²) in [7, 11) is -3.78. The van der Waals surface area contributed by atoms with Gasteiger partial charge in [0.05, 0.1) is 11.8 Å². The van der Waals surface area contributed by atoms with Gasteiger partial charge in [0.15, 0.2) is 5.76 Å². The molecule has 0 saturated heterocycles. The molecule has 2 aliphatic rings. The zero-order chi connectivity index (χ0) is 22.4. The quantitative estimate of drug-likeness (QED) is 0.695. The third kappa shape index (κ3) is 4.13. The second-order valence-electron chi connectivity index (χ2n) is 8.94. The molecule has 0 atom stereocenters. The molecule has 1 amide bonds. The maximum absolute atomic E-state index is 13.2. The van der Waals surface area contributed by atoms with Gasteiger partial charge >= 0.3 is 10.1 Å². The third-order valence-electron chi connectivity index (χ3n) is 6.35. The van der Waals surface area contributed by atoms with E-state index in [4.69, 9.17) is 4.18 Å². The van der Waals surface area contributed by atoms with Crippen LogP contribution >= 0.6 is 0 Å². The minimum absolute atomic E-state index is 0.255. The van der Waals surface area contributed by atoms with Crippen LogP contribution in [0.4, 0.5) is 0 Å². The summed E-state index contributed by atoms with van der Waals surface area (Å²) in [5.41, 5.74) is 5.59. The van der Waals surface area contributed by atoms with Gasteiger partial charge < -0.3 is 9.50 Å². The van der Waals surface area contributed by atoms with Crippen LogP contribution in [0.5, 0.6) is 0 Å². The van der Waals surface area contributed by atoms with Gasteiger partial charge in [0.1, 0.15) is 5.54 Å². The van der Waals surface area contributed by atoms with Crippen LogP contribution in [0.15, 0.2) is 42.2 Å². The SMILES string of the molecule is Cc1ccc(-c2cc(C)c(C3=C(OS(C)(=O)=O)C4(CCCCC4)NC3=O)c(C)c2)cc1. The summed E-state index contributed by atoms with van der Waals surface area (Å²) in [6.45, 7) is 5.98. The molecule has 1 heterocycles. The Morgan fingerprint density at radius 1 is 0.903 bits per heavy atom. The molecule has 0 radical (unpaired) electrons. The number of hydrogen-bond donors (Lipinski definition) is 1. The Labute approximate surface area is 184 Å². The van der Waals surface area contributed by atoms with Gasteiger partial charge in [-0.05, 0) is 61.4 Å². The lowest BCUT2D eigenvalue weighted by Crippen LogP contribution is -2.46. The minimum Gasteiger partial charge on any atom is -0.384 e. The standard InChI is InChI=1S/C25H29NO4S/c1-16-8-10-19(11-9-16)20-14-17(2)21(18(3)15-20)22-23(30-31(4,28)29)25(26-24(22)27)12-6-5-7-13-25/h8-11,14-15H,5-7,12-13H2,1-4H3,(H,26,27). The molecule has 1 fully saturated rings. The molecule has 2 aromatic carbocycles. The predicted octanol–water partition coefficient (Wildman–Crippen LogP) is 4.80. The first kappa shape index (κ1) is 21.6. The van der Waals surface area contributed by atoms with Crippen LogP contribution in [0.25, 0.3) is 16.7 Å². The molecule has 1 aliphatic carbocycles. The maximum atomic E-state index is 13.2. The average molecular weight is 440 g/mol. The van der Waals surface area contributed by atoms with Crippen molar-refractivity contribution in [3.05, 3.63) is 64.4 Å². The molecule has 0 bridgehead atoms. The zero-order valence-corrected chi connectivity index (χ0v) is 19.4. The number of rotatable bonds is 4. The summed E-state index contributed by atoms with van der Waals surface area (Å²) in [5.74, 6) is 0.0174. The van der Waals surface area contributed by atoms with E-state index in [2.05, 4.69) is 48.6 Å². The summed E-state index contributed by atoms with van der Waals surface area (Å²) in [6.07, 6.45) is 5.34. The van der Waals surface area contributed by atoms with Crippen molar-refractivity contribution in [2.75, 3.05) is 6.26 Å². The molecular formula is C25H29NO4S. The van der Waals surface area contributed by atoms with E-state index in [-0.39, 0.29) is 11.7 Å². The normalized spacial score (nSPS) is 18.4. The van der Waals surface area contributed by atoms with Crippen molar-refractivity contribution in [1.82, 2.24) is 5.32 Å². The van der Waals surface area contributed by atoms with Crippen LogP contribution in [0.1, 0.15) is 54.4 Å². The van der Waals surface area contributed by atoms with Gasteiger partial charge in [-0.1, -0.05) is 61.2 Å². The van der Waals surface area contributed by atoms with Gasteiger partial charge in [-0.3, -0.25) is 4.79 Å². The number of carbonyl (C=O) groups excluding carboxylic acids is 1. The van der Waals surface area contributed by atoms with Crippen molar-refractivity contribution >= 4 is 21.6 Å². The highest BCUT2D eigenvalue weighted by molar-refractivity contribution is 7.86. The highest BCUT2D eigenvalue weighted by atomic mass is 32.2. The average Bonchev–Trinajstić information content (AvgIpc) is 2.92. The van der Waals surface area contributed by atoms with Crippen molar-refractivity contribution < 1.29 is 17.4 Å². The Hall–Kier alpha value is -2.60. The minimum atomic E-state index is -3.78. The first-order valence-corrected chi connectivity index (χ1v) is 12.6. The molecule has 1 N–H and O–H groups in total. The summed E-state index contributed by atoms with van der Waals surface area (Å²) < 4.78 is 29.8. The number of nitrogens with one attached hydrogen (secondary N) is 1. The van der Waals surface area contributed by atoms with Crippen molar-refractivity contribution in [2.24, 2.45) is 0 Å². The van der Waals surface area contributed by atoms with Gasteiger partial charge in [-0.25, -0.2) is 0 Å². The maximum Gasteiger partial charge on any atom is 0.306 e. The molecule has 6 heteroatoms. The Morgan fingerprint density at radius 2 is 1.48 bits per heavy atom. The van der Waals surface area contributed by atoms with Gasteiger partial charge in [0.25, 0.3) is 5.91 Å². The van der Waals surface area contributed by atoms with Gasteiger partial charge in [-0.2, -0.15) is 8.42 Å². The summed E-state index contributed by atoms with van der Waals surface area (Å²) in [4.78, 5) is 13.2. The highest BCUT2D eigenvalue weighted by Crippen LogP contribution is 2.45. The second-order valence-corrected chi connectivity index (χ2v) is 10.5. The molecule has 0 unspecified atom stereocenters. The Balaban J connectivity index is 1.89. The Morgan fingerprint density at radius 3 is 2.03 bits per heavy atom. The van der Waals surface area contributed by atoms with E-state index in [1.54, 1.807) is 0 Å². The molecule has 164 valence electrons. The number of hydrogen-bond acceptors (Lipinski definition) is 4. The fraction of sp³-hybridized carbons (Fsp3) is 0.400. The monoisotopic (exact) mass is 439 g/mol. The molecule has 31 heavy (non-hydrogen) atoms. The summed E-state index contributed by atoms with van der Waals surface area (Å²) in [6, 6.07) is 12.4. The molecule has 1 saturated carbocycles. The molecular weight excluding hydrogens is 410 g/mol. The van der Waals surface area contributed by atoms with E-state index < -0.39 is 15.7 Å². The van der Waals surface area contributed by atoms with E-state index in [0.717, 1.165) is 53.3 Å². The second kappa shape index (κ2) is 7.83. The highest BCUT2D eigenvalue weighted by Gasteiger charge is 2.49. The Kier molecular flexibility index (Phi) is 5.46. The van der Waals surface area contributed by atoms with E-state index >= 15 is 0 Å². The Bertz CT molecular complexity index is 1150. The van der Waals surface area contributed by atoms with Crippen molar-refractivity contribution in [3.8, 4) is 11.1 Å². The van der Waals surface area contributed by atoms with Crippen molar-refractivity contribution in [1.29, 1.82) is 0 Å². The van der Waals surface area contributed by atoms with E-state index in [0.29, 0.717) is 18.4 Å². The van der Waals surface area contributed by atoms with Gasteiger partial charge in [0.2, 0.25) is 0 Å². The lowest BCUT2D eigenvalue weighted by atomic mass is 9.80. The summed E-state index contributed by atoms with van der Waals surface area (Å²) >= 11 is 0. The van der Waals surface area contributed by atoms with Crippen LogP contribution in [0, 0.1) is 20.8 Å². The van der Waals surface area contributed by atoms with Gasteiger partial charge in [-0.15, -0.1) is 0 Å². The lowest BCUT2D eigenvalue weighted by Gasteiger charge is -2.34. The zero-order valence-electron chi connectivity index (χ0n) is 18.5. The molecule has 1 aliphatic heterocycles. The predicted molar refractivity (Wildman–Crippen MR) is 123 cm³/mol. The molecule has 4 rings (SSSR count). The fourth-order valence-corrected chi connectivity index (χ4v) is 5.50. The van der Waals surface area contributed by atoms with Gasteiger partial charge in [0, 0.05) is 0 Å². The lowest BCUT2D eigenvalue weighted by molar-refractivity contribution is -0.116. The van der Waals surface area contributed by atoms with Crippen molar-refractivity contribution in [3.63, 3.8) is 0 Å². The first-order chi connectivity index (χ1) is 14.6. The van der Waals surface area contributed by atoms with Crippen LogP contribution in [0.3, 0.4) is 0 Å². The molecule has 5 nitrogen and oxygen atoms in total. The van der Waals surface area contributed by atoms with Crippen LogP contribution in [-0.4, -0.2) is 26.1 Å². The number of benzene rings is 2. The number of carbonyl (C=O) groups is 1. The van der Waals surface area contributed by atoms with E-state index in [1.165, 1.54) is 5.56 Å². The van der Waals surface area contributed by atoms with Crippen LogP contribution in [0.2, 0.25) is 0 Å². The number of amides is 1. The molecule has 0 aromatic heterocycles. The summed E-state index contributed by atoms with van der Waals surface area (Å²) in [5, 5.41) is 3.10. The first-order valence-electron chi connectivity index (χ1n) is 10.7. The largest absolute Gasteiger partial charge is 0.384 e. The van der Waals surface area contributed by atoms with Crippen LogP contribution in [-0.2, 0) is 19.1 Å². The number of aryl methyl sites for hydroxylation is 3. The van der Waals surface area contributed by atoms with Crippen molar-refractivity contribution in [2.45, 2.75) is 58.4 Å². The van der Waals surface area contributed by atoms with E-state index in [1.807, 2.05) is 13.8 Å². The fourth-order valence-electron chi connectivity index (χ4n) is 4.96. The topological polar surface area (TPSA) is 72.5 Å². The molecule has 2 aromatic rings. The van der Waals surface area contributed by atoms with E-state index in [9.17, 15) is 13.2 Å². The smallest absolute Gasteiger partial charge is 0.306 e. The van der Waals surface area contributed by atoms with Crippen LogP contribution < -0.4 is 5.32 Å².